The van der Waals surface area contributed by atoms with Gasteiger partial charge in [-0.15, -0.1) is 3.89 Å². The SMILES string of the molecule is CC(C)(C)OC(=O)N1CCC2(CCOC2CS(=O)(=O)F)C1. The molecule has 0 aliphatic carbocycles. The quantitative estimate of drug-likeness (QED) is 0.723. The lowest BCUT2D eigenvalue weighted by molar-refractivity contribution is 0.0238. The number of carbonyl (C=O) groups excluding carboxylic acids is 1. The molecule has 2 saturated heterocycles. The number of hydrogen-bond donors (Lipinski definition) is 0. The molecule has 8 heteroatoms. The zero-order chi connectivity index (χ0) is 15.9. The Morgan fingerprint density at radius 3 is 2.67 bits per heavy atom. The first-order valence-corrected chi connectivity index (χ1v) is 8.58. The first-order valence-electron chi connectivity index (χ1n) is 7.03. The minimum Gasteiger partial charge on any atom is -0.444 e. The van der Waals surface area contributed by atoms with Gasteiger partial charge >= 0.3 is 16.3 Å². The smallest absolute Gasteiger partial charge is 0.410 e. The van der Waals surface area contributed by atoms with Crippen molar-refractivity contribution in [3.05, 3.63) is 0 Å². The van der Waals surface area contributed by atoms with Crippen LogP contribution in [0.15, 0.2) is 0 Å². The first kappa shape index (κ1) is 16.5. The van der Waals surface area contributed by atoms with Gasteiger partial charge in [0.1, 0.15) is 11.4 Å². The summed E-state index contributed by atoms with van der Waals surface area (Å²) in [6, 6.07) is 0. The van der Waals surface area contributed by atoms with Crippen molar-refractivity contribution in [3.8, 4) is 0 Å². The number of halogens is 1. The summed E-state index contributed by atoms with van der Waals surface area (Å²) in [5.74, 6) is -0.644. The van der Waals surface area contributed by atoms with Crippen LogP contribution in [0, 0.1) is 5.41 Å². The van der Waals surface area contributed by atoms with E-state index in [-0.39, 0.29) is 0 Å². The van der Waals surface area contributed by atoms with Crippen LogP contribution in [-0.2, 0) is 19.7 Å². The third kappa shape index (κ3) is 4.06. The van der Waals surface area contributed by atoms with E-state index in [4.69, 9.17) is 9.47 Å². The lowest BCUT2D eigenvalue weighted by Crippen LogP contribution is -2.41. The molecule has 0 radical (unpaired) electrons. The molecule has 2 aliphatic rings. The number of nitrogens with zero attached hydrogens (tertiary/aromatic N) is 1. The van der Waals surface area contributed by atoms with Gasteiger partial charge < -0.3 is 14.4 Å². The van der Waals surface area contributed by atoms with E-state index in [1.165, 1.54) is 0 Å². The number of amides is 1. The molecule has 2 heterocycles. The van der Waals surface area contributed by atoms with Crippen molar-refractivity contribution in [2.24, 2.45) is 5.41 Å². The fourth-order valence-electron chi connectivity index (χ4n) is 2.99. The Kier molecular flexibility index (Phi) is 4.23. The molecular weight excluding hydrogens is 301 g/mol. The second kappa shape index (κ2) is 5.39. The van der Waals surface area contributed by atoms with Gasteiger partial charge in [0.15, 0.2) is 0 Å². The maximum atomic E-state index is 12.9. The molecular formula is C13H22FNO5S. The highest BCUT2D eigenvalue weighted by atomic mass is 32.3. The molecule has 21 heavy (non-hydrogen) atoms. The maximum absolute atomic E-state index is 12.9. The minimum absolute atomic E-state index is 0.349. The number of ether oxygens (including phenoxy) is 2. The summed E-state index contributed by atoms with van der Waals surface area (Å²) in [7, 11) is -4.60. The molecule has 2 unspecified atom stereocenters. The largest absolute Gasteiger partial charge is 0.444 e. The normalized spacial score (nSPS) is 30.1. The molecule has 0 aromatic carbocycles. The topological polar surface area (TPSA) is 72.9 Å². The molecule has 122 valence electrons. The average molecular weight is 323 g/mol. The number of carbonyl (C=O) groups is 1. The van der Waals surface area contributed by atoms with Crippen molar-refractivity contribution in [2.75, 3.05) is 25.4 Å². The predicted octanol–water partition coefficient (Wildman–Crippen LogP) is 1.70. The number of rotatable bonds is 2. The molecule has 0 aromatic rings. The van der Waals surface area contributed by atoms with Gasteiger partial charge in [0.25, 0.3) is 0 Å². The second-order valence-electron chi connectivity index (χ2n) is 6.83. The molecule has 1 spiro atoms. The van der Waals surface area contributed by atoms with E-state index in [1.54, 1.807) is 25.7 Å². The molecule has 0 bridgehead atoms. The summed E-state index contributed by atoms with van der Waals surface area (Å²) < 4.78 is 45.4. The van der Waals surface area contributed by atoms with Gasteiger partial charge in [0, 0.05) is 25.1 Å². The summed E-state index contributed by atoms with van der Waals surface area (Å²) in [4.78, 5) is 13.6. The zero-order valence-corrected chi connectivity index (χ0v) is 13.4. The average Bonchev–Trinajstić information content (AvgIpc) is 2.84. The minimum atomic E-state index is -4.60. The number of hydrogen-bond acceptors (Lipinski definition) is 5. The Morgan fingerprint density at radius 1 is 1.43 bits per heavy atom. The summed E-state index contributed by atoms with van der Waals surface area (Å²) >= 11 is 0. The molecule has 2 aliphatic heterocycles. The lowest BCUT2D eigenvalue weighted by atomic mass is 9.81. The van der Waals surface area contributed by atoms with Crippen LogP contribution in [0.1, 0.15) is 33.6 Å². The fourth-order valence-corrected chi connectivity index (χ4v) is 3.80. The van der Waals surface area contributed by atoms with Crippen molar-refractivity contribution in [1.82, 2.24) is 4.90 Å². The monoisotopic (exact) mass is 323 g/mol. The second-order valence-corrected chi connectivity index (χ2v) is 8.24. The van der Waals surface area contributed by atoms with E-state index in [1.807, 2.05) is 0 Å². The van der Waals surface area contributed by atoms with E-state index in [0.717, 1.165) is 0 Å². The predicted molar refractivity (Wildman–Crippen MR) is 74.1 cm³/mol. The summed E-state index contributed by atoms with van der Waals surface area (Å²) in [6.45, 7) is 6.57. The van der Waals surface area contributed by atoms with E-state index in [9.17, 15) is 17.1 Å². The van der Waals surface area contributed by atoms with Crippen LogP contribution in [0.4, 0.5) is 8.68 Å². The molecule has 1 amide bonds. The van der Waals surface area contributed by atoms with Crippen molar-refractivity contribution >= 4 is 16.3 Å². The molecule has 2 fully saturated rings. The van der Waals surface area contributed by atoms with Crippen molar-refractivity contribution < 1.29 is 26.6 Å². The first-order chi connectivity index (χ1) is 9.51. The Labute approximate surface area is 124 Å². The molecule has 0 saturated carbocycles. The highest BCUT2D eigenvalue weighted by molar-refractivity contribution is 7.86. The van der Waals surface area contributed by atoms with Gasteiger partial charge in [-0.2, -0.15) is 8.42 Å². The van der Waals surface area contributed by atoms with Crippen molar-refractivity contribution in [2.45, 2.75) is 45.3 Å². The molecule has 0 aromatic heterocycles. The fraction of sp³-hybridized carbons (Fsp3) is 0.923. The van der Waals surface area contributed by atoms with Crippen LogP contribution in [0.5, 0.6) is 0 Å². The van der Waals surface area contributed by atoms with E-state index >= 15 is 0 Å². The van der Waals surface area contributed by atoms with E-state index in [2.05, 4.69) is 0 Å². The van der Waals surface area contributed by atoms with Crippen LogP contribution >= 0.6 is 0 Å². The molecule has 2 rings (SSSR count). The van der Waals surface area contributed by atoms with Crippen molar-refractivity contribution in [1.29, 1.82) is 0 Å². The Balaban J connectivity index is 2.04. The molecule has 2 atom stereocenters. The van der Waals surface area contributed by atoms with Crippen LogP contribution in [0.3, 0.4) is 0 Å². The lowest BCUT2D eigenvalue weighted by Gasteiger charge is -2.29. The zero-order valence-electron chi connectivity index (χ0n) is 12.6. The summed E-state index contributed by atoms with van der Waals surface area (Å²) in [5, 5.41) is 0. The standard InChI is InChI=1S/C13H22FNO5S/c1-12(2,3)20-11(16)15-6-4-13(9-15)5-7-19-10(13)8-21(14,17)18/h10H,4-9H2,1-3H3. The van der Waals surface area contributed by atoms with Crippen LogP contribution in [0.25, 0.3) is 0 Å². The Hall–Kier alpha value is -0.890. The van der Waals surface area contributed by atoms with Crippen LogP contribution < -0.4 is 0 Å². The highest BCUT2D eigenvalue weighted by Crippen LogP contribution is 2.44. The van der Waals surface area contributed by atoms with E-state index < -0.39 is 39.2 Å². The van der Waals surface area contributed by atoms with Gasteiger partial charge in [0.2, 0.25) is 0 Å². The van der Waals surface area contributed by atoms with Gasteiger partial charge in [0.05, 0.1) is 6.10 Å². The summed E-state index contributed by atoms with van der Waals surface area (Å²) in [6.07, 6.45) is 0.118. The van der Waals surface area contributed by atoms with Gasteiger partial charge in [-0.25, -0.2) is 4.79 Å². The van der Waals surface area contributed by atoms with Crippen molar-refractivity contribution in [3.63, 3.8) is 0 Å². The summed E-state index contributed by atoms with van der Waals surface area (Å²) in [5.41, 5.74) is -1.06. The maximum Gasteiger partial charge on any atom is 0.410 e. The molecule has 6 nitrogen and oxygen atoms in total. The van der Waals surface area contributed by atoms with Crippen LogP contribution in [-0.4, -0.2) is 56.6 Å². The van der Waals surface area contributed by atoms with Gasteiger partial charge in [-0.3, -0.25) is 0 Å². The Bertz CT molecular complexity index is 515. The Morgan fingerprint density at radius 2 is 2.10 bits per heavy atom. The van der Waals surface area contributed by atoms with Crippen LogP contribution in [0.2, 0.25) is 0 Å². The third-order valence-electron chi connectivity index (χ3n) is 3.99. The highest BCUT2D eigenvalue weighted by Gasteiger charge is 2.51. The third-order valence-corrected chi connectivity index (χ3v) is 4.69. The van der Waals surface area contributed by atoms with Gasteiger partial charge in [-0.1, -0.05) is 0 Å². The van der Waals surface area contributed by atoms with E-state index in [0.29, 0.717) is 32.5 Å². The van der Waals surface area contributed by atoms with Gasteiger partial charge in [-0.05, 0) is 33.6 Å². The molecule has 0 N–H and O–H groups in total. The number of likely N-dealkylation sites (tertiary alicyclic amines) is 1.